The van der Waals surface area contributed by atoms with Gasteiger partial charge in [-0.25, -0.2) is 14.6 Å². The van der Waals surface area contributed by atoms with Crippen molar-refractivity contribution < 1.29 is 18.7 Å². The van der Waals surface area contributed by atoms with Crippen LogP contribution in [0.1, 0.15) is 26.4 Å². The predicted octanol–water partition coefficient (Wildman–Crippen LogP) is 7.48. The first-order valence-electron chi connectivity index (χ1n) is 11.4. The summed E-state index contributed by atoms with van der Waals surface area (Å²) in [5.74, 6) is -1.30. The van der Waals surface area contributed by atoms with Gasteiger partial charge in [0.05, 0.1) is 17.3 Å². The molecule has 0 aliphatic heterocycles. The molecular formula is C29H18Br2FN3O3. The number of amides is 1. The van der Waals surface area contributed by atoms with Gasteiger partial charge in [0.25, 0.3) is 5.91 Å². The minimum atomic E-state index is -0.556. The molecule has 0 radical (unpaired) electrons. The number of aromatic nitrogens is 1. The number of benzene rings is 4. The third kappa shape index (κ3) is 5.44. The Balaban J connectivity index is 1.41. The lowest BCUT2D eigenvalue weighted by molar-refractivity contribution is 0.0734. The molecule has 1 heterocycles. The van der Waals surface area contributed by atoms with E-state index in [0.717, 1.165) is 14.5 Å². The van der Waals surface area contributed by atoms with Crippen molar-refractivity contribution >= 4 is 60.9 Å². The number of esters is 1. The molecule has 6 nitrogen and oxygen atoms in total. The van der Waals surface area contributed by atoms with E-state index < -0.39 is 17.7 Å². The van der Waals surface area contributed by atoms with Crippen LogP contribution in [0.15, 0.2) is 105 Å². The van der Waals surface area contributed by atoms with Crippen LogP contribution in [-0.2, 0) is 0 Å². The highest BCUT2D eigenvalue weighted by atomic mass is 79.9. The molecular weight excluding hydrogens is 617 g/mol. The van der Waals surface area contributed by atoms with Gasteiger partial charge in [-0.3, -0.25) is 4.79 Å². The number of hydrogen-bond acceptors (Lipinski definition) is 4. The zero-order valence-corrected chi connectivity index (χ0v) is 22.7. The zero-order valence-electron chi connectivity index (χ0n) is 19.5. The molecule has 0 unspecified atom stereocenters. The zero-order chi connectivity index (χ0) is 26.6. The molecule has 9 heteroatoms. The molecule has 4 aromatic carbocycles. The van der Waals surface area contributed by atoms with E-state index in [-0.39, 0.29) is 17.0 Å². The molecule has 5 rings (SSSR count). The van der Waals surface area contributed by atoms with Gasteiger partial charge in [-0.2, -0.15) is 5.10 Å². The largest absolute Gasteiger partial charge is 0.422 e. The Labute approximate surface area is 233 Å². The van der Waals surface area contributed by atoms with Gasteiger partial charge in [0.1, 0.15) is 17.3 Å². The van der Waals surface area contributed by atoms with E-state index in [0.29, 0.717) is 22.1 Å². The summed E-state index contributed by atoms with van der Waals surface area (Å²) in [4.78, 5) is 28.7. The van der Waals surface area contributed by atoms with Crippen molar-refractivity contribution in [2.45, 2.75) is 0 Å². The summed E-state index contributed by atoms with van der Waals surface area (Å²) in [6.07, 6.45) is 1.37. The summed E-state index contributed by atoms with van der Waals surface area (Å²) in [6.45, 7) is 0. The van der Waals surface area contributed by atoms with Crippen LogP contribution in [0, 0.1) is 5.82 Å². The van der Waals surface area contributed by atoms with E-state index in [1.54, 1.807) is 54.6 Å². The van der Waals surface area contributed by atoms with Crippen LogP contribution in [0.3, 0.4) is 0 Å². The van der Waals surface area contributed by atoms with Gasteiger partial charge in [-0.05, 0) is 54.1 Å². The number of rotatable bonds is 6. The fourth-order valence-corrected chi connectivity index (χ4v) is 4.57. The highest BCUT2D eigenvalue weighted by Crippen LogP contribution is 2.33. The van der Waals surface area contributed by atoms with Crippen molar-refractivity contribution in [2.75, 3.05) is 0 Å². The molecule has 5 aromatic rings. The molecule has 1 aromatic heterocycles. The van der Waals surface area contributed by atoms with Crippen LogP contribution < -0.4 is 10.2 Å². The van der Waals surface area contributed by atoms with Crippen LogP contribution >= 0.6 is 31.9 Å². The molecule has 0 aliphatic carbocycles. The molecule has 0 aliphatic rings. The summed E-state index contributed by atoms with van der Waals surface area (Å²) in [5.41, 5.74) is 5.06. The third-order valence-corrected chi connectivity index (χ3v) is 6.72. The number of carbonyl (C=O) groups is 2. The van der Waals surface area contributed by atoms with E-state index in [1.807, 2.05) is 30.3 Å². The number of nitrogens with zero attached hydrogens (tertiary/aromatic N) is 1. The number of carbonyl (C=O) groups excluding carboxylic acids is 2. The molecule has 188 valence electrons. The highest BCUT2D eigenvalue weighted by Gasteiger charge is 2.20. The fourth-order valence-electron chi connectivity index (χ4n) is 3.93. The summed E-state index contributed by atoms with van der Waals surface area (Å²) in [6, 6.07) is 25.8. The number of H-pyrrole nitrogens is 1. The maximum atomic E-state index is 14.5. The van der Waals surface area contributed by atoms with Crippen LogP contribution in [0.2, 0.25) is 0 Å². The van der Waals surface area contributed by atoms with E-state index in [9.17, 15) is 14.0 Å². The second-order valence-electron chi connectivity index (χ2n) is 8.18. The number of nitrogens with one attached hydrogen (secondary N) is 2. The number of fused-ring (bicyclic) bond motifs is 1. The fraction of sp³-hybridized carbons (Fsp3) is 0. The quantitative estimate of drug-likeness (QED) is 0.0879. The predicted molar refractivity (Wildman–Crippen MR) is 152 cm³/mol. The minimum Gasteiger partial charge on any atom is -0.422 e. The Morgan fingerprint density at radius 3 is 2.39 bits per heavy atom. The Bertz CT molecular complexity index is 1680. The van der Waals surface area contributed by atoms with Crippen molar-refractivity contribution in [3.05, 3.63) is 123 Å². The van der Waals surface area contributed by atoms with Crippen molar-refractivity contribution in [2.24, 2.45) is 5.10 Å². The average molecular weight is 635 g/mol. The smallest absolute Gasteiger partial charge is 0.343 e. The number of para-hydroxylation sites is 1. The number of aromatic amines is 1. The number of hydrogen-bond donors (Lipinski definition) is 2. The van der Waals surface area contributed by atoms with Crippen LogP contribution in [0.5, 0.6) is 5.75 Å². The standard InChI is InChI=1S/C29H18Br2FN3O3/c30-20-11-9-18(10-12-20)29(37)38-24-14-13-21(31)15-19(24)16-33-35-28(36)27-25(17-5-2-1-3-6-17)22-7-4-8-23(32)26(22)34-27/h1-16,34H,(H,35,36). The van der Waals surface area contributed by atoms with Crippen molar-refractivity contribution in [3.8, 4) is 16.9 Å². The summed E-state index contributed by atoms with van der Waals surface area (Å²) >= 11 is 6.74. The van der Waals surface area contributed by atoms with Crippen molar-refractivity contribution in [3.63, 3.8) is 0 Å². The van der Waals surface area contributed by atoms with Gasteiger partial charge < -0.3 is 9.72 Å². The first kappa shape index (κ1) is 25.6. The molecule has 0 saturated heterocycles. The Morgan fingerprint density at radius 1 is 0.895 bits per heavy atom. The molecule has 0 spiro atoms. The first-order valence-corrected chi connectivity index (χ1v) is 13.0. The van der Waals surface area contributed by atoms with Crippen LogP contribution in [0.25, 0.3) is 22.0 Å². The summed E-state index contributed by atoms with van der Waals surface area (Å²) in [5, 5.41) is 4.66. The molecule has 2 N–H and O–H groups in total. The monoisotopic (exact) mass is 633 g/mol. The Hall–Kier alpha value is -4.08. The second kappa shape index (κ2) is 11.1. The SMILES string of the molecule is O=C(Oc1ccc(Br)cc1C=NNC(=O)c1[nH]c2c(F)cccc2c1-c1ccccc1)c1ccc(Br)cc1. The molecule has 0 atom stereocenters. The number of hydrazone groups is 1. The lowest BCUT2D eigenvalue weighted by Gasteiger charge is -2.08. The topological polar surface area (TPSA) is 83.5 Å². The molecule has 1 amide bonds. The lowest BCUT2D eigenvalue weighted by atomic mass is 10.0. The van der Waals surface area contributed by atoms with E-state index in [2.05, 4.69) is 47.4 Å². The van der Waals surface area contributed by atoms with Gasteiger partial charge in [-0.1, -0.05) is 74.3 Å². The van der Waals surface area contributed by atoms with E-state index >= 15 is 0 Å². The Morgan fingerprint density at radius 2 is 1.63 bits per heavy atom. The molecule has 38 heavy (non-hydrogen) atoms. The Kier molecular flexibility index (Phi) is 7.48. The van der Waals surface area contributed by atoms with Crippen LogP contribution in [-0.4, -0.2) is 23.1 Å². The molecule has 0 fully saturated rings. The second-order valence-corrected chi connectivity index (χ2v) is 10.0. The van der Waals surface area contributed by atoms with Crippen molar-refractivity contribution in [1.29, 1.82) is 0 Å². The summed E-state index contributed by atoms with van der Waals surface area (Å²) < 4.78 is 21.7. The van der Waals surface area contributed by atoms with E-state index in [1.165, 1.54) is 12.3 Å². The van der Waals surface area contributed by atoms with Gasteiger partial charge in [-0.15, -0.1) is 0 Å². The first-order chi connectivity index (χ1) is 18.4. The third-order valence-electron chi connectivity index (χ3n) is 5.70. The highest BCUT2D eigenvalue weighted by molar-refractivity contribution is 9.10. The van der Waals surface area contributed by atoms with Gasteiger partial charge >= 0.3 is 5.97 Å². The van der Waals surface area contributed by atoms with Crippen molar-refractivity contribution in [1.82, 2.24) is 10.4 Å². The van der Waals surface area contributed by atoms with Gasteiger partial charge in [0.15, 0.2) is 0 Å². The lowest BCUT2D eigenvalue weighted by Crippen LogP contribution is -2.19. The van der Waals surface area contributed by atoms with E-state index in [4.69, 9.17) is 4.74 Å². The van der Waals surface area contributed by atoms with Gasteiger partial charge in [0, 0.05) is 25.5 Å². The maximum Gasteiger partial charge on any atom is 0.343 e. The summed E-state index contributed by atoms with van der Waals surface area (Å²) in [7, 11) is 0. The molecule has 0 bridgehead atoms. The average Bonchev–Trinajstić information content (AvgIpc) is 3.32. The number of ether oxygens (including phenoxy) is 1. The molecule has 0 saturated carbocycles. The minimum absolute atomic E-state index is 0.171. The normalized spacial score (nSPS) is 11.1. The number of halogens is 3. The van der Waals surface area contributed by atoms with Gasteiger partial charge in [0.2, 0.25) is 0 Å². The van der Waals surface area contributed by atoms with Crippen LogP contribution in [0.4, 0.5) is 4.39 Å². The maximum absolute atomic E-state index is 14.5.